The number of piperidine rings is 1. The summed E-state index contributed by atoms with van der Waals surface area (Å²) in [7, 11) is 0. The van der Waals surface area contributed by atoms with Crippen LogP contribution in [0.4, 0.5) is 0 Å². The van der Waals surface area contributed by atoms with Gasteiger partial charge in [0.15, 0.2) is 0 Å². The van der Waals surface area contributed by atoms with Crippen molar-refractivity contribution >= 4 is 33.3 Å². The van der Waals surface area contributed by atoms with E-state index < -0.39 is 0 Å². The van der Waals surface area contributed by atoms with Gasteiger partial charge in [0.1, 0.15) is 5.15 Å². The van der Waals surface area contributed by atoms with E-state index in [9.17, 15) is 4.79 Å². The molecule has 1 aliphatic rings. The number of benzene rings is 2. The van der Waals surface area contributed by atoms with Crippen molar-refractivity contribution in [1.82, 2.24) is 19.9 Å². The van der Waals surface area contributed by atoms with Gasteiger partial charge in [-0.25, -0.2) is 9.97 Å². The molecule has 0 unspecified atom stereocenters. The topological polar surface area (TPSA) is 59.8 Å². The highest BCUT2D eigenvalue weighted by Gasteiger charge is 2.19. The SMILES string of the molecule is O=c1c2cc(Cc3ccc(Cl)nc3)c3ccccc3c2ncn1C1CCNCC1. The number of aromatic nitrogens is 3. The molecule has 0 aliphatic carbocycles. The molecular formula is C23H21ClN4O. The molecule has 6 heteroatoms. The second-order valence-corrected chi connectivity index (χ2v) is 7.97. The highest BCUT2D eigenvalue weighted by Crippen LogP contribution is 2.28. The molecule has 5 nitrogen and oxygen atoms in total. The van der Waals surface area contributed by atoms with Gasteiger partial charge in [0, 0.05) is 17.6 Å². The zero-order chi connectivity index (χ0) is 19.8. The van der Waals surface area contributed by atoms with Crippen LogP contribution in [0.2, 0.25) is 5.15 Å². The van der Waals surface area contributed by atoms with Crippen molar-refractivity contribution in [2.45, 2.75) is 25.3 Å². The summed E-state index contributed by atoms with van der Waals surface area (Å²) in [5.41, 5.74) is 2.97. The number of halogens is 1. The molecule has 1 N–H and O–H groups in total. The van der Waals surface area contributed by atoms with E-state index in [0.717, 1.165) is 53.3 Å². The Balaban J connectivity index is 1.69. The van der Waals surface area contributed by atoms with Crippen LogP contribution in [0.5, 0.6) is 0 Å². The highest BCUT2D eigenvalue weighted by molar-refractivity contribution is 6.29. The lowest BCUT2D eigenvalue weighted by molar-refractivity contribution is 0.359. The minimum absolute atomic E-state index is 0.0446. The van der Waals surface area contributed by atoms with Gasteiger partial charge in [-0.3, -0.25) is 9.36 Å². The summed E-state index contributed by atoms with van der Waals surface area (Å²) in [4.78, 5) is 22.3. The van der Waals surface area contributed by atoms with Gasteiger partial charge in [0.25, 0.3) is 5.56 Å². The molecular weight excluding hydrogens is 384 g/mol. The van der Waals surface area contributed by atoms with Gasteiger partial charge < -0.3 is 5.32 Å². The van der Waals surface area contributed by atoms with Crippen LogP contribution in [-0.2, 0) is 6.42 Å². The largest absolute Gasteiger partial charge is 0.317 e. The number of rotatable bonds is 3. The third-order valence-electron chi connectivity index (χ3n) is 5.76. The van der Waals surface area contributed by atoms with E-state index in [1.165, 1.54) is 0 Å². The summed E-state index contributed by atoms with van der Waals surface area (Å²) >= 11 is 5.93. The third-order valence-corrected chi connectivity index (χ3v) is 5.99. The van der Waals surface area contributed by atoms with Crippen molar-refractivity contribution in [3.63, 3.8) is 0 Å². The van der Waals surface area contributed by atoms with Gasteiger partial charge in [0.2, 0.25) is 0 Å². The second-order valence-electron chi connectivity index (χ2n) is 7.58. The van der Waals surface area contributed by atoms with Crippen molar-refractivity contribution in [3.05, 3.63) is 81.6 Å². The molecule has 1 saturated heterocycles. The summed E-state index contributed by atoms with van der Waals surface area (Å²) in [6.45, 7) is 1.86. The Morgan fingerprint density at radius 2 is 1.83 bits per heavy atom. The number of hydrogen-bond acceptors (Lipinski definition) is 4. The molecule has 0 radical (unpaired) electrons. The maximum atomic E-state index is 13.4. The summed E-state index contributed by atoms with van der Waals surface area (Å²) in [5, 5.41) is 6.64. The fourth-order valence-corrected chi connectivity index (χ4v) is 4.38. The van der Waals surface area contributed by atoms with Crippen molar-refractivity contribution in [1.29, 1.82) is 0 Å². The minimum Gasteiger partial charge on any atom is -0.317 e. The minimum atomic E-state index is 0.0446. The average molecular weight is 405 g/mol. The maximum absolute atomic E-state index is 13.4. The Morgan fingerprint density at radius 1 is 1.03 bits per heavy atom. The maximum Gasteiger partial charge on any atom is 0.261 e. The van der Waals surface area contributed by atoms with Crippen LogP contribution in [0.1, 0.15) is 30.0 Å². The lowest BCUT2D eigenvalue weighted by Gasteiger charge is -2.24. The molecule has 1 aliphatic heterocycles. The first-order valence-electron chi connectivity index (χ1n) is 9.93. The van der Waals surface area contributed by atoms with Crippen molar-refractivity contribution < 1.29 is 0 Å². The van der Waals surface area contributed by atoms with E-state index in [1.807, 2.05) is 34.9 Å². The lowest BCUT2D eigenvalue weighted by Crippen LogP contribution is -2.34. The van der Waals surface area contributed by atoms with Gasteiger partial charge >= 0.3 is 0 Å². The van der Waals surface area contributed by atoms with Crippen LogP contribution in [0.3, 0.4) is 0 Å². The molecule has 29 heavy (non-hydrogen) atoms. The monoisotopic (exact) mass is 404 g/mol. The Morgan fingerprint density at radius 3 is 2.59 bits per heavy atom. The van der Waals surface area contributed by atoms with Crippen LogP contribution in [0.25, 0.3) is 21.7 Å². The van der Waals surface area contributed by atoms with Crippen LogP contribution >= 0.6 is 11.6 Å². The molecule has 5 rings (SSSR count). The van der Waals surface area contributed by atoms with Gasteiger partial charge in [-0.15, -0.1) is 0 Å². The summed E-state index contributed by atoms with van der Waals surface area (Å²) < 4.78 is 1.82. The van der Waals surface area contributed by atoms with E-state index in [0.29, 0.717) is 17.0 Å². The number of fused-ring (bicyclic) bond motifs is 3. The van der Waals surface area contributed by atoms with Crippen LogP contribution in [-0.4, -0.2) is 27.6 Å². The molecule has 4 aromatic rings. The van der Waals surface area contributed by atoms with E-state index >= 15 is 0 Å². The first-order chi connectivity index (χ1) is 14.2. The summed E-state index contributed by atoms with van der Waals surface area (Å²) in [5.74, 6) is 0. The molecule has 0 amide bonds. The second kappa shape index (κ2) is 7.58. The molecule has 3 heterocycles. The van der Waals surface area contributed by atoms with Gasteiger partial charge in [0.05, 0.1) is 17.2 Å². The van der Waals surface area contributed by atoms with E-state index in [4.69, 9.17) is 16.6 Å². The Hall–Kier alpha value is -2.76. The lowest BCUT2D eigenvalue weighted by atomic mass is 9.96. The number of nitrogens with zero attached hydrogens (tertiary/aromatic N) is 3. The molecule has 0 saturated carbocycles. The van der Waals surface area contributed by atoms with Crippen molar-refractivity contribution in [2.24, 2.45) is 0 Å². The molecule has 0 spiro atoms. The van der Waals surface area contributed by atoms with E-state index in [1.54, 1.807) is 18.6 Å². The van der Waals surface area contributed by atoms with Gasteiger partial charge in [-0.1, -0.05) is 41.9 Å². The Labute approximate surface area is 173 Å². The van der Waals surface area contributed by atoms with Crippen LogP contribution in [0, 0.1) is 0 Å². The average Bonchev–Trinajstić information content (AvgIpc) is 2.77. The predicted octanol–water partition coefficient (Wildman–Crippen LogP) is 4.11. The number of hydrogen-bond donors (Lipinski definition) is 1. The first kappa shape index (κ1) is 18.3. The first-order valence-corrected chi connectivity index (χ1v) is 10.3. The van der Waals surface area contributed by atoms with Gasteiger partial charge in [-0.05, 0) is 61.0 Å². The van der Waals surface area contributed by atoms with Crippen LogP contribution < -0.4 is 10.9 Å². The van der Waals surface area contributed by atoms with Crippen molar-refractivity contribution in [2.75, 3.05) is 13.1 Å². The van der Waals surface area contributed by atoms with E-state index in [-0.39, 0.29) is 11.6 Å². The fourth-order valence-electron chi connectivity index (χ4n) is 4.27. The Bertz CT molecular complexity index is 1240. The Kier molecular flexibility index (Phi) is 4.78. The molecule has 146 valence electrons. The fraction of sp³-hybridized carbons (Fsp3) is 0.261. The standard InChI is InChI=1S/C23H21ClN4O/c24-21-6-5-15(13-26-21)11-16-12-20-22(19-4-2-1-3-18(16)19)27-14-28(23(20)29)17-7-9-25-10-8-17/h1-6,12-14,17,25H,7-11H2. The summed E-state index contributed by atoms with van der Waals surface area (Å²) in [6, 6.07) is 14.1. The molecule has 1 fully saturated rings. The highest BCUT2D eigenvalue weighted by atomic mass is 35.5. The third kappa shape index (κ3) is 3.41. The zero-order valence-corrected chi connectivity index (χ0v) is 16.7. The quantitative estimate of drug-likeness (QED) is 0.412. The number of nitrogens with one attached hydrogen (secondary N) is 1. The van der Waals surface area contributed by atoms with Crippen molar-refractivity contribution in [3.8, 4) is 0 Å². The molecule has 2 aromatic carbocycles. The predicted molar refractivity (Wildman–Crippen MR) is 117 cm³/mol. The normalized spacial score (nSPS) is 15.2. The smallest absolute Gasteiger partial charge is 0.261 e. The summed E-state index contributed by atoms with van der Waals surface area (Å²) in [6.07, 6.45) is 6.10. The molecule has 0 atom stereocenters. The van der Waals surface area contributed by atoms with Gasteiger partial charge in [-0.2, -0.15) is 0 Å². The molecule has 2 aromatic heterocycles. The zero-order valence-electron chi connectivity index (χ0n) is 15.9. The number of pyridine rings is 1. The molecule has 0 bridgehead atoms. The van der Waals surface area contributed by atoms with E-state index in [2.05, 4.69) is 16.4 Å². The van der Waals surface area contributed by atoms with Crippen LogP contribution in [0.15, 0.2) is 59.8 Å².